The average molecular weight is 355 g/mol. The van der Waals surface area contributed by atoms with E-state index in [1.54, 1.807) is 11.8 Å². The van der Waals surface area contributed by atoms with Crippen LogP contribution in [0.5, 0.6) is 0 Å². The molecule has 3 nitrogen and oxygen atoms in total. The SMILES string of the molecule is Cc1ccc(Sc2ccc(N[C@@H](C)C(=O)N3CCCC3)cc2)cc1C. The zero-order valence-corrected chi connectivity index (χ0v) is 16.0. The van der Waals surface area contributed by atoms with Crippen LogP contribution in [0.15, 0.2) is 52.3 Å². The first kappa shape index (κ1) is 17.9. The molecule has 0 unspecified atom stereocenters. The highest BCUT2D eigenvalue weighted by Crippen LogP contribution is 2.30. The van der Waals surface area contributed by atoms with Crippen LogP contribution in [0.3, 0.4) is 0 Å². The van der Waals surface area contributed by atoms with Crippen LogP contribution in [0, 0.1) is 13.8 Å². The zero-order valence-electron chi connectivity index (χ0n) is 15.2. The Bertz CT molecular complexity index is 736. The maximum Gasteiger partial charge on any atom is 0.244 e. The third-order valence-electron chi connectivity index (χ3n) is 4.74. The van der Waals surface area contributed by atoms with Gasteiger partial charge in [-0.15, -0.1) is 0 Å². The van der Waals surface area contributed by atoms with Crippen molar-refractivity contribution in [3.8, 4) is 0 Å². The van der Waals surface area contributed by atoms with E-state index in [4.69, 9.17) is 0 Å². The van der Waals surface area contributed by atoms with E-state index in [0.29, 0.717) is 0 Å². The Kier molecular flexibility index (Phi) is 5.69. The van der Waals surface area contributed by atoms with E-state index in [2.05, 4.69) is 61.6 Å². The molecular formula is C21H26N2OS. The van der Waals surface area contributed by atoms with Crippen molar-refractivity contribution in [2.24, 2.45) is 0 Å². The summed E-state index contributed by atoms with van der Waals surface area (Å²) in [6, 6.07) is 14.7. The van der Waals surface area contributed by atoms with Crippen molar-refractivity contribution in [2.45, 2.75) is 49.4 Å². The summed E-state index contributed by atoms with van der Waals surface area (Å²) in [6.07, 6.45) is 2.26. The number of hydrogen-bond acceptors (Lipinski definition) is 3. The maximum atomic E-state index is 12.4. The predicted molar refractivity (Wildman–Crippen MR) is 105 cm³/mol. The fourth-order valence-corrected chi connectivity index (χ4v) is 3.97. The molecule has 1 heterocycles. The van der Waals surface area contributed by atoms with Crippen LogP contribution in [0.2, 0.25) is 0 Å². The van der Waals surface area contributed by atoms with Gasteiger partial charge in [0, 0.05) is 28.6 Å². The molecule has 1 amide bonds. The summed E-state index contributed by atoms with van der Waals surface area (Å²) in [5.74, 6) is 0.200. The number of carbonyl (C=O) groups excluding carboxylic acids is 1. The molecule has 25 heavy (non-hydrogen) atoms. The van der Waals surface area contributed by atoms with Gasteiger partial charge in [0.15, 0.2) is 0 Å². The van der Waals surface area contributed by atoms with E-state index >= 15 is 0 Å². The number of nitrogens with zero attached hydrogens (tertiary/aromatic N) is 1. The van der Waals surface area contributed by atoms with Crippen molar-refractivity contribution in [1.29, 1.82) is 0 Å². The Morgan fingerprint density at radius 2 is 1.64 bits per heavy atom. The van der Waals surface area contributed by atoms with Crippen molar-refractivity contribution in [2.75, 3.05) is 18.4 Å². The number of hydrogen-bond donors (Lipinski definition) is 1. The molecular weight excluding hydrogens is 328 g/mol. The van der Waals surface area contributed by atoms with Crippen LogP contribution in [-0.4, -0.2) is 29.9 Å². The number of carbonyl (C=O) groups is 1. The number of aryl methyl sites for hydroxylation is 2. The van der Waals surface area contributed by atoms with Crippen LogP contribution in [0.25, 0.3) is 0 Å². The van der Waals surface area contributed by atoms with E-state index in [1.165, 1.54) is 20.9 Å². The van der Waals surface area contributed by atoms with E-state index < -0.39 is 0 Å². The summed E-state index contributed by atoms with van der Waals surface area (Å²) in [4.78, 5) is 16.8. The van der Waals surface area contributed by atoms with Crippen LogP contribution in [-0.2, 0) is 4.79 Å². The summed E-state index contributed by atoms with van der Waals surface area (Å²) in [6.45, 7) is 8.02. The molecule has 3 rings (SSSR count). The molecule has 0 aromatic heterocycles. The highest BCUT2D eigenvalue weighted by Gasteiger charge is 2.22. The lowest BCUT2D eigenvalue weighted by Crippen LogP contribution is -2.39. The Hall–Kier alpha value is -1.94. The predicted octanol–water partition coefficient (Wildman–Crippen LogP) is 4.88. The van der Waals surface area contributed by atoms with E-state index in [0.717, 1.165) is 31.6 Å². The van der Waals surface area contributed by atoms with Gasteiger partial charge in [0.2, 0.25) is 5.91 Å². The zero-order chi connectivity index (χ0) is 17.8. The Balaban J connectivity index is 1.59. The summed E-state index contributed by atoms with van der Waals surface area (Å²) >= 11 is 1.76. The molecule has 4 heteroatoms. The first-order valence-corrected chi connectivity index (χ1v) is 9.75. The summed E-state index contributed by atoms with van der Waals surface area (Å²) in [5.41, 5.74) is 3.63. The molecule has 2 aromatic carbocycles. The molecule has 0 saturated carbocycles. The highest BCUT2D eigenvalue weighted by atomic mass is 32.2. The number of amides is 1. The van der Waals surface area contributed by atoms with Gasteiger partial charge < -0.3 is 10.2 Å². The first-order valence-electron chi connectivity index (χ1n) is 8.93. The monoisotopic (exact) mass is 354 g/mol. The Morgan fingerprint density at radius 3 is 2.28 bits per heavy atom. The minimum Gasteiger partial charge on any atom is -0.374 e. The van der Waals surface area contributed by atoms with Gasteiger partial charge in [-0.2, -0.15) is 0 Å². The quantitative estimate of drug-likeness (QED) is 0.831. The second kappa shape index (κ2) is 7.96. The number of anilines is 1. The van der Waals surface area contributed by atoms with Gasteiger partial charge in [0.25, 0.3) is 0 Å². The molecule has 0 radical (unpaired) electrons. The first-order chi connectivity index (χ1) is 12.0. The van der Waals surface area contributed by atoms with Gasteiger partial charge in [0.1, 0.15) is 6.04 Å². The summed E-state index contributed by atoms with van der Waals surface area (Å²) in [5, 5.41) is 3.33. The lowest BCUT2D eigenvalue weighted by molar-refractivity contribution is -0.130. The molecule has 1 aliphatic rings. The third kappa shape index (κ3) is 4.57. The summed E-state index contributed by atoms with van der Waals surface area (Å²) < 4.78 is 0. The topological polar surface area (TPSA) is 32.3 Å². The second-order valence-electron chi connectivity index (χ2n) is 6.77. The molecule has 0 bridgehead atoms. The van der Waals surface area contributed by atoms with Crippen LogP contribution in [0.4, 0.5) is 5.69 Å². The lowest BCUT2D eigenvalue weighted by atomic mass is 10.1. The number of benzene rings is 2. The molecule has 0 spiro atoms. The molecule has 1 aliphatic heterocycles. The van der Waals surface area contributed by atoms with Gasteiger partial charge in [-0.1, -0.05) is 17.8 Å². The molecule has 132 valence electrons. The van der Waals surface area contributed by atoms with Gasteiger partial charge in [-0.05, 0) is 81.1 Å². The molecule has 1 fully saturated rings. The lowest BCUT2D eigenvalue weighted by Gasteiger charge is -2.22. The highest BCUT2D eigenvalue weighted by molar-refractivity contribution is 7.99. The van der Waals surface area contributed by atoms with Gasteiger partial charge >= 0.3 is 0 Å². The summed E-state index contributed by atoms with van der Waals surface area (Å²) in [7, 11) is 0. The van der Waals surface area contributed by atoms with Crippen LogP contribution in [0.1, 0.15) is 30.9 Å². The average Bonchev–Trinajstić information content (AvgIpc) is 3.14. The number of rotatable bonds is 5. The van der Waals surface area contributed by atoms with E-state index in [9.17, 15) is 4.79 Å². The Labute approximate surface area is 154 Å². The molecule has 1 N–H and O–H groups in total. The minimum atomic E-state index is -0.184. The molecule has 2 aromatic rings. The van der Waals surface area contributed by atoms with Crippen molar-refractivity contribution >= 4 is 23.4 Å². The number of likely N-dealkylation sites (tertiary alicyclic amines) is 1. The minimum absolute atomic E-state index is 0.184. The maximum absolute atomic E-state index is 12.4. The number of nitrogens with one attached hydrogen (secondary N) is 1. The smallest absolute Gasteiger partial charge is 0.244 e. The van der Waals surface area contributed by atoms with E-state index in [1.807, 2.05) is 11.8 Å². The fourth-order valence-electron chi connectivity index (χ4n) is 3.06. The standard InChI is InChI=1S/C21H26N2OS/c1-15-6-9-20(14-16(15)2)25-19-10-7-18(8-11-19)22-17(3)21(24)23-12-4-5-13-23/h6-11,14,17,22H,4-5,12-13H2,1-3H3/t17-/m0/s1. The van der Waals surface area contributed by atoms with Crippen molar-refractivity contribution in [1.82, 2.24) is 4.90 Å². The van der Waals surface area contributed by atoms with Gasteiger partial charge in [-0.25, -0.2) is 0 Å². The van der Waals surface area contributed by atoms with Crippen LogP contribution >= 0.6 is 11.8 Å². The van der Waals surface area contributed by atoms with Gasteiger partial charge in [0.05, 0.1) is 0 Å². The van der Waals surface area contributed by atoms with Crippen molar-refractivity contribution in [3.05, 3.63) is 53.6 Å². The van der Waals surface area contributed by atoms with Crippen LogP contribution < -0.4 is 5.32 Å². The molecule has 0 aliphatic carbocycles. The third-order valence-corrected chi connectivity index (χ3v) is 5.74. The van der Waals surface area contributed by atoms with Crippen molar-refractivity contribution < 1.29 is 4.79 Å². The normalized spacial score (nSPS) is 15.2. The Morgan fingerprint density at radius 1 is 1.00 bits per heavy atom. The molecule has 1 atom stereocenters. The second-order valence-corrected chi connectivity index (χ2v) is 7.92. The fraction of sp³-hybridized carbons (Fsp3) is 0.381. The molecule has 1 saturated heterocycles. The van der Waals surface area contributed by atoms with E-state index in [-0.39, 0.29) is 11.9 Å². The largest absolute Gasteiger partial charge is 0.374 e. The van der Waals surface area contributed by atoms with Crippen molar-refractivity contribution in [3.63, 3.8) is 0 Å². The van der Waals surface area contributed by atoms with Gasteiger partial charge in [-0.3, -0.25) is 4.79 Å².